The molecule has 0 spiro atoms. The first-order valence-electron chi connectivity index (χ1n) is 6.52. The fourth-order valence-corrected chi connectivity index (χ4v) is 1.49. The Balaban J connectivity index is 4.46. The molecule has 0 rings (SSSR count). The first-order chi connectivity index (χ1) is 9.68. The van der Waals surface area contributed by atoms with Crippen LogP contribution in [0.5, 0.6) is 0 Å². The van der Waals surface area contributed by atoms with Gasteiger partial charge in [0.25, 0.3) is 0 Å². The quantitative estimate of drug-likeness (QED) is 0.449. The van der Waals surface area contributed by atoms with E-state index in [1.807, 2.05) is 0 Å². The Hall–Kier alpha value is -2.32. The summed E-state index contributed by atoms with van der Waals surface area (Å²) in [4.78, 5) is 46.4. The van der Waals surface area contributed by atoms with Crippen molar-refractivity contribution in [3.05, 3.63) is 0 Å². The van der Waals surface area contributed by atoms with Gasteiger partial charge in [-0.2, -0.15) is 0 Å². The van der Waals surface area contributed by atoms with E-state index < -0.39 is 30.0 Å². The Morgan fingerprint density at radius 2 is 1.81 bits per heavy atom. The number of urea groups is 1. The summed E-state index contributed by atoms with van der Waals surface area (Å²) >= 11 is 0. The summed E-state index contributed by atoms with van der Waals surface area (Å²) in [5.74, 6) is -2.23. The van der Waals surface area contributed by atoms with Crippen molar-refractivity contribution in [1.29, 1.82) is 0 Å². The van der Waals surface area contributed by atoms with Crippen molar-refractivity contribution >= 4 is 23.8 Å². The Labute approximate surface area is 122 Å². The number of aliphatic carboxylic acids is 1. The van der Waals surface area contributed by atoms with E-state index in [9.17, 15) is 19.2 Å². The number of carbonyl (C=O) groups excluding carboxylic acids is 3. The summed E-state index contributed by atoms with van der Waals surface area (Å²) < 4.78 is 0. The van der Waals surface area contributed by atoms with Crippen molar-refractivity contribution in [3.63, 3.8) is 0 Å². The second-order valence-electron chi connectivity index (χ2n) is 4.59. The molecule has 21 heavy (non-hydrogen) atoms. The molecule has 2 atom stereocenters. The standard InChI is InChI=1S/C12H22N4O5/c1-4-16(3)10(18)7(2)14-12(21)15-8(11(19)20)5-6-9(13)17/h7-8H,4-6H2,1-3H3,(H2,13,17)(H,19,20)(H2,14,15,21)/t7?,8-/m1/s1. The average Bonchev–Trinajstić information content (AvgIpc) is 2.40. The first kappa shape index (κ1) is 18.7. The number of nitrogens with two attached hydrogens (primary N) is 1. The maximum atomic E-state index is 11.8. The molecule has 0 aliphatic heterocycles. The lowest BCUT2D eigenvalue weighted by Crippen LogP contribution is -2.52. The molecule has 0 saturated heterocycles. The number of rotatable bonds is 8. The van der Waals surface area contributed by atoms with Crippen molar-refractivity contribution in [2.75, 3.05) is 13.6 Å². The van der Waals surface area contributed by atoms with Crippen LogP contribution >= 0.6 is 0 Å². The van der Waals surface area contributed by atoms with E-state index in [0.717, 1.165) is 0 Å². The summed E-state index contributed by atoms with van der Waals surface area (Å²) in [6.45, 7) is 3.77. The van der Waals surface area contributed by atoms with Gasteiger partial charge in [-0.05, 0) is 20.3 Å². The average molecular weight is 302 g/mol. The number of carboxylic acids is 1. The van der Waals surface area contributed by atoms with Crippen LogP contribution < -0.4 is 16.4 Å². The van der Waals surface area contributed by atoms with Gasteiger partial charge in [-0.3, -0.25) is 9.59 Å². The van der Waals surface area contributed by atoms with E-state index in [1.54, 1.807) is 14.0 Å². The zero-order valence-corrected chi connectivity index (χ0v) is 12.4. The number of hydrogen-bond acceptors (Lipinski definition) is 4. The highest BCUT2D eigenvalue weighted by atomic mass is 16.4. The van der Waals surface area contributed by atoms with Gasteiger partial charge in [0, 0.05) is 20.0 Å². The molecule has 120 valence electrons. The number of nitrogens with one attached hydrogen (secondary N) is 2. The van der Waals surface area contributed by atoms with Gasteiger partial charge in [-0.25, -0.2) is 9.59 Å². The molecule has 0 heterocycles. The number of amides is 4. The predicted molar refractivity (Wildman–Crippen MR) is 74.3 cm³/mol. The minimum atomic E-state index is -1.28. The van der Waals surface area contributed by atoms with Crippen LogP contribution in [0, 0.1) is 0 Å². The number of carboxylic acid groups (broad SMARTS) is 1. The van der Waals surface area contributed by atoms with Crippen molar-refractivity contribution in [3.8, 4) is 0 Å². The topological polar surface area (TPSA) is 142 Å². The summed E-state index contributed by atoms with van der Waals surface area (Å²) in [6.07, 6.45) is -0.278. The highest BCUT2D eigenvalue weighted by molar-refractivity contribution is 5.88. The lowest BCUT2D eigenvalue weighted by Gasteiger charge is -2.21. The number of carbonyl (C=O) groups is 4. The van der Waals surface area contributed by atoms with Gasteiger partial charge in [0.1, 0.15) is 12.1 Å². The van der Waals surface area contributed by atoms with Gasteiger partial charge in [0.05, 0.1) is 0 Å². The van der Waals surface area contributed by atoms with Crippen molar-refractivity contribution in [1.82, 2.24) is 15.5 Å². The normalized spacial score (nSPS) is 12.9. The Bertz CT molecular complexity index is 412. The van der Waals surface area contributed by atoms with Crippen LogP contribution in [0.4, 0.5) is 4.79 Å². The van der Waals surface area contributed by atoms with Crippen molar-refractivity contribution < 1.29 is 24.3 Å². The summed E-state index contributed by atoms with van der Waals surface area (Å²) in [7, 11) is 1.59. The maximum absolute atomic E-state index is 11.8. The molecule has 4 amide bonds. The van der Waals surface area contributed by atoms with E-state index in [1.165, 1.54) is 11.8 Å². The minimum Gasteiger partial charge on any atom is -0.480 e. The zero-order chi connectivity index (χ0) is 16.6. The van der Waals surface area contributed by atoms with Gasteiger partial charge < -0.3 is 26.4 Å². The van der Waals surface area contributed by atoms with Gasteiger partial charge in [-0.15, -0.1) is 0 Å². The van der Waals surface area contributed by atoms with E-state index >= 15 is 0 Å². The maximum Gasteiger partial charge on any atom is 0.326 e. The highest BCUT2D eigenvalue weighted by Crippen LogP contribution is 1.98. The van der Waals surface area contributed by atoms with Crippen LogP contribution in [-0.4, -0.2) is 59.5 Å². The molecule has 9 heteroatoms. The molecular weight excluding hydrogens is 280 g/mol. The zero-order valence-electron chi connectivity index (χ0n) is 12.4. The third-order valence-electron chi connectivity index (χ3n) is 2.85. The Morgan fingerprint density at radius 3 is 2.24 bits per heavy atom. The van der Waals surface area contributed by atoms with Crippen molar-refractivity contribution in [2.45, 2.75) is 38.8 Å². The molecule has 9 nitrogen and oxygen atoms in total. The van der Waals surface area contributed by atoms with Crippen LogP contribution in [0.2, 0.25) is 0 Å². The molecule has 5 N–H and O–H groups in total. The lowest BCUT2D eigenvalue weighted by molar-refractivity contribution is -0.139. The SMILES string of the molecule is CCN(C)C(=O)C(C)NC(=O)N[C@H](CCC(N)=O)C(=O)O. The van der Waals surface area contributed by atoms with Gasteiger partial charge in [0.2, 0.25) is 11.8 Å². The summed E-state index contributed by atoms with van der Waals surface area (Å²) in [6, 6.07) is -2.83. The Morgan fingerprint density at radius 1 is 1.24 bits per heavy atom. The van der Waals surface area contributed by atoms with Crippen LogP contribution in [0.15, 0.2) is 0 Å². The van der Waals surface area contributed by atoms with E-state index in [4.69, 9.17) is 10.8 Å². The molecule has 0 aromatic carbocycles. The highest BCUT2D eigenvalue weighted by Gasteiger charge is 2.23. The molecule has 0 bridgehead atoms. The third kappa shape index (κ3) is 7.14. The predicted octanol–water partition coefficient (Wildman–Crippen LogP) is -1.13. The molecule has 0 aromatic rings. The van der Waals surface area contributed by atoms with Crippen LogP contribution in [-0.2, 0) is 14.4 Å². The lowest BCUT2D eigenvalue weighted by atomic mass is 10.1. The number of likely N-dealkylation sites (N-methyl/N-ethyl adjacent to an activating group) is 1. The molecule has 0 saturated carbocycles. The van der Waals surface area contributed by atoms with Crippen LogP contribution in [0.1, 0.15) is 26.7 Å². The molecular formula is C12H22N4O5. The molecule has 0 radical (unpaired) electrons. The smallest absolute Gasteiger partial charge is 0.326 e. The monoisotopic (exact) mass is 302 g/mol. The Kier molecular flexibility index (Phi) is 7.80. The molecule has 0 aliphatic rings. The third-order valence-corrected chi connectivity index (χ3v) is 2.85. The summed E-state index contributed by atoms with van der Waals surface area (Å²) in [5.41, 5.74) is 4.93. The molecule has 0 aromatic heterocycles. The first-order valence-corrected chi connectivity index (χ1v) is 6.52. The molecule has 0 fully saturated rings. The van der Waals surface area contributed by atoms with E-state index in [-0.39, 0.29) is 18.7 Å². The van der Waals surface area contributed by atoms with Crippen LogP contribution in [0.25, 0.3) is 0 Å². The summed E-state index contributed by atoms with van der Waals surface area (Å²) in [5, 5.41) is 13.5. The van der Waals surface area contributed by atoms with E-state index in [2.05, 4.69) is 10.6 Å². The van der Waals surface area contributed by atoms with Gasteiger partial charge >= 0.3 is 12.0 Å². The second-order valence-corrected chi connectivity index (χ2v) is 4.59. The minimum absolute atomic E-state index is 0.116. The van der Waals surface area contributed by atoms with Gasteiger partial charge in [0.15, 0.2) is 0 Å². The molecule has 0 aliphatic carbocycles. The largest absolute Gasteiger partial charge is 0.480 e. The van der Waals surface area contributed by atoms with Gasteiger partial charge in [-0.1, -0.05) is 0 Å². The van der Waals surface area contributed by atoms with Crippen molar-refractivity contribution in [2.24, 2.45) is 5.73 Å². The fraction of sp³-hybridized carbons (Fsp3) is 0.667. The van der Waals surface area contributed by atoms with E-state index in [0.29, 0.717) is 6.54 Å². The number of primary amides is 1. The fourth-order valence-electron chi connectivity index (χ4n) is 1.49. The number of nitrogens with zero attached hydrogens (tertiary/aromatic N) is 1. The second kappa shape index (κ2) is 8.77. The van der Waals surface area contributed by atoms with Crippen LogP contribution in [0.3, 0.4) is 0 Å². The number of hydrogen-bond donors (Lipinski definition) is 4. The molecule has 1 unspecified atom stereocenters.